The van der Waals surface area contributed by atoms with Crippen LogP contribution in [0.4, 0.5) is 5.13 Å². The maximum absolute atomic E-state index is 11.8. The van der Waals surface area contributed by atoms with Gasteiger partial charge in [0, 0.05) is 17.6 Å². The molecule has 0 bridgehead atoms. The highest BCUT2D eigenvalue weighted by Gasteiger charge is 2.11. The van der Waals surface area contributed by atoms with Crippen LogP contribution in [0.2, 0.25) is 0 Å². The van der Waals surface area contributed by atoms with Gasteiger partial charge in [-0.15, -0.1) is 11.3 Å². The summed E-state index contributed by atoms with van der Waals surface area (Å²) in [4.78, 5) is 29.1. The molecular formula is C11H11N3O3S. The molecule has 0 aromatic carbocycles. The number of thiazole rings is 1. The van der Waals surface area contributed by atoms with E-state index in [1.165, 1.54) is 29.7 Å². The molecule has 0 spiro atoms. The number of nitrogens with zero attached hydrogens (tertiary/aromatic N) is 1. The van der Waals surface area contributed by atoms with Crippen LogP contribution in [0.5, 0.6) is 0 Å². The van der Waals surface area contributed by atoms with Crippen LogP contribution in [0, 0.1) is 0 Å². The summed E-state index contributed by atoms with van der Waals surface area (Å²) >= 11 is 1.23. The van der Waals surface area contributed by atoms with E-state index in [0.717, 1.165) is 0 Å². The molecule has 0 saturated carbocycles. The summed E-state index contributed by atoms with van der Waals surface area (Å²) in [7, 11) is 0. The highest BCUT2D eigenvalue weighted by molar-refractivity contribution is 7.14. The van der Waals surface area contributed by atoms with Gasteiger partial charge in [-0.05, 0) is 13.0 Å². The van der Waals surface area contributed by atoms with Crippen molar-refractivity contribution in [2.24, 2.45) is 0 Å². The highest BCUT2D eigenvalue weighted by Crippen LogP contribution is 2.20. The number of amides is 1. The third-order valence-electron chi connectivity index (χ3n) is 2.22. The fraction of sp³-hybridized carbons (Fsp3) is 0.182. The lowest BCUT2D eigenvalue weighted by Crippen LogP contribution is -2.14. The van der Waals surface area contributed by atoms with Crippen molar-refractivity contribution in [3.05, 3.63) is 45.3 Å². The second kappa shape index (κ2) is 5.11. The SMILES string of the molecule is CC(O)c1csc(NC(=O)c2ccc(=O)[nH]c2)n1. The van der Waals surface area contributed by atoms with Crippen LogP contribution in [0.3, 0.4) is 0 Å². The lowest BCUT2D eigenvalue weighted by molar-refractivity contribution is 0.102. The summed E-state index contributed by atoms with van der Waals surface area (Å²) in [6, 6.07) is 2.70. The zero-order valence-corrected chi connectivity index (χ0v) is 10.3. The van der Waals surface area contributed by atoms with Crippen LogP contribution < -0.4 is 10.9 Å². The van der Waals surface area contributed by atoms with Gasteiger partial charge in [-0.2, -0.15) is 0 Å². The van der Waals surface area contributed by atoms with Crippen molar-refractivity contribution in [3.63, 3.8) is 0 Å². The summed E-state index contributed by atoms with van der Waals surface area (Å²) in [5.41, 5.74) is 0.581. The number of carbonyl (C=O) groups is 1. The molecule has 2 rings (SSSR count). The van der Waals surface area contributed by atoms with Gasteiger partial charge < -0.3 is 10.1 Å². The predicted octanol–water partition coefficient (Wildman–Crippen LogP) is 1.14. The zero-order valence-electron chi connectivity index (χ0n) is 9.51. The molecule has 7 heteroatoms. The summed E-state index contributed by atoms with van der Waals surface area (Å²) < 4.78 is 0. The molecule has 1 atom stereocenters. The standard InChI is InChI=1S/C11H11N3O3S/c1-6(15)8-5-18-11(13-8)14-10(17)7-2-3-9(16)12-4-7/h2-6,15H,1H3,(H,12,16)(H,13,14,17). The molecule has 94 valence electrons. The number of H-pyrrole nitrogens is 1. The molecule has 2 aromatic heterocycles. The number of aliphatic hydroxyl groups excluding tert-OH is 1. The van der Waals surface area contributed by atoms with E-state index >= 15 is 0 Å². The highest BCUT2D eigenvalue weighted by atomic mass is 32.1. The molecule has 2 aromatic rings. The number of aromatic amines is 1. The molecule has 2 heterocycles. The van der Waals surface area contributed by atoms with Crippen molar-refractivity contribution in [2.45, 2.75) is 13.0 Å². The van der Waals surface area contributed by atoms with E-state index < -0.39 is 6.10 Å². The van der Waals surface area contributed by atoms with Crippen LogP contribution in [-0.2, 0) is 0 Å². The molecule has 3 N–H and O–H groups in total. The molecular weight excluding hydrogens is 254 g/mol. The van der Waals surface area contributed by atoms with Crippen molar-refractivity contribution >= 4 is 22.4 Å². The Labute approximate surface area is 106 Å². The maximum Gasteiger partial charge on any atom is 0.258 e. The Morgan fingerprint density at radius 2 is 2.33 bits per heavy atom. The van der Waals surface area contributed by atoms with Gasteiger partial charge in [0.25, 0.3) is 5.91 Å². The lowest BCUT2D eigenvalue weighted by Gasteiger charge is -2.01. The maximum atomic E-state index is 11.8. The van der Waals surface area contributed by atoms with E-state index in [2.05, 4.69) is 15.3 Å². The van der Waals surface area contributed by atoms with E-state index in [1.54, 1.807) is 12.3 Å². The number of aliphatic hydroxyl groups is 1. The molecule has 0 fully saturated rings. The van der Waals surface area contributed by atoms with Crippen LogP contribution >= 0.6 is 11.3 Å². The molecule has 0 radical (unpaired) electrons. The average molecular weight is 265 g/mol. The summed E-state index contributed by atoms with van der Waals surface area (Å²) in [6.07, 6.45) is 0.667. The monoisotopic (exact) mass is 265 g/mol. The smallest absolute Gasteiger partial charge is 0.258 e. The van der Waals surface area contributed by atoms with Gasteiger partial charge >= 0.3 is 0 Å². The zero-order chi connectivity index (χ0) is 13.1. The second-order valence-corrected chi connectivity index (χ2v) is 4.51. The Kier molecular flexibility index (Phi) is 3.54. The van der Waals surface area contributed by atoms with Crippen LogP contribution in [-0.4, -0.2) is 21.0 Å². The molecule has 0 aliphatic carbocycles. The van der Waals surface area contributed by atoms with Gasteiger partial charge in [0.15, 0.2) is 5.13 Å². The van der Waals surface area contributed by atoms with Crippen molar-refractivity contribution in [1.29, 1.82) is 0 Å². The van der Waals surface area contributed by atoms with E-state index in [1.807, 2.05) is 0 Å². The molecule has 1 unspecified atom stereocenters. The third kappa shape index (κ3) is 2.82. The molecule has 0 aliphatic heterocycles. The fourth-order valence-electron chi connectivity index (χ4n) is 1.26. The number of hydrogen-bond acceptors (Lipinski definition) is 5. The first-order valence-electron chi connectivity index (χ1n) is 5.20. The van der Waals surface area contributed by atoms with Crippen molar-refractivity contribution in [2.75, 3.05) is 5.32 Å². The Morgan fingerprint density at radius 1 is 1.56 bits per heavy atom. The number of rotatable bonds is 3. The number of carbonyl (C=O) groups excluding carboxylic acids is 1. The van der Waals surface area contributed by atoms with Crippen LogP contribution in [0.1, 0.15) is 29.1 Å². The topological polar surface area (TPSA) is 95.1 Å². The minimum atomic E-state index is -0.667. The average Bonchev–Trinajstić information content (AvgIpc) is 2.78. The summed E-state index contributed by atoms with van der Waals surface area (Å²) in [5.74, 6) is -0.363. The van der Waals surface area contributed by atoms with E-state index in [-0.39, 0.29) is 11.5 Å². The quantitative estimate of drug-likeness (QED) is 0.775. The van der Waals surface area contributed by atoms with E-state index in [0.29, 0.717) is 16.4 Å². The summed E-state index contributed by atoms with van der Waals surface area (Å²) in [5, 5.41) is 14.0. The summed E-state index contributed by atoms with van der Waals surface area (Å²) in [6.45, 7) is 1.60. The van der Waals surface area contributed by atoms with Crippen LogP contribution in [0.25, 0.3) is 0 Å². The van der Waals surface area contributed by atoms with Crippen molar-refractivity contribution in [1.82, 2.24) is 9.97 Å². The first-order chi connectivity index (χ1) is 8.56. The fourth-order valence-corrected chi connectivity index (χ4v) is 2.05. The van der Waals surface area contributed by atoms with Crippen molar-refractivity contribution in [3.8, 4) is 0 Å². The first-order valence-corrected chi connectivity index (χ1v) is 6.08. The van der Waals surface area contributed by atoms with Gasteiger partial charge in [0.05, 0.1) is 17.4 Å². The van der Waals surface area contributed by atoms with Gasteiger partial charge in [0.1, 0.15) is 0 Å². The Hall–Kier alpha value is -1.99. The number of hydrogen-bond donors (Lipinski definition) is 3. The molecule has 0 aliphatic rings. The molecule has 0 saturated heterocycles. The first kappa shape index (κ1) is 12.5. The third-order valence-corrected chi connectivity index (χ3v) is 2.99. The van der Waals surface area contributed by atoms with Gasteiger partial charge in [0.2, 0.25) is 5.56 Å². The predicted molar refractivity (Wildman–Crippen MR) is 67.8 cm³/mol. The second-order valence-electron chi connectivity index (χ2n) is 3.65. The number of aromatic nitrogens is 2. The van der Waals surface area contributed by atoms with E-state index in [9.17, 15) is 14.7 Å². The van der Waals surface area contributed by atoms with Crippen LogP contribution in [0.15, 0.2) is 28.5 Å². The number of pyridine rings is 1. The Morgan fingerprint density at radius 3 is 2.89 bits per heavy atom. The largest absolute Gasteiger partial charge is 0.387 e. The van der Waals surface area contributed by atoms with Gasteiger partial charge in [-0.25, -0.2) is 4.98 Å². The Bertz CT molecular complexity index is 597. The molecule has 1 amide bonds. The minimum absolute atomic E-state index is 0.266. The minimum Gasteiger partial charge on any atom is -0.387 e. The number of nitrogens with one attached hydrogen (secondary N) is 2. The number of anilines is 1. The van der Waals surface area contributed by atoms with E-state index in [4.69, 9.17) is 0 Å². The molecule has 6 nitrogen and oxygen atoms in total. The normalized spacial score (nSPS) is 12.1. The lowest BCUT2D eigenvalue weighted by atomic mass is 10.3. The molecule has 18 heavy (non-hydrogen) atoms. The van der Waals surface area contributed by atoms with Crippen molar-refractivity contribution < 1.29 is 9.90 Å². The van der Waals surface area contributed by atoms with Gasteiger partial charge in [-0.1, -0.05) is 0 Å². The Balaban J connectivity index is 2.11. The van der Waals surface area contributed by atoms with Gasteiger partial charge in [-0.3, -0.25) is 14.9 Å².